The molecule has 1 aliphatic heterocycles. The molecule has 0 saturated carbocycles. The maximum Gasteiger partial charge on any atom is 0.256 e. The summed E-state index contributed by atoms with van der Waals surface area (Å²) in [5, 5.41) is 8.21. The van der Waals surface area contributed by atoms with Crippen LogP contribution >= 0.6 is 0 Å². The first-order chi connectivity index (χ1) is 17.8. The lowest BCUT2D eigenvalue weighted by Gasteiger charge is -2.13. The summed E-state index contributed by atoms with van der Waals surface area (Å²) in [5.74, 6) is 1.17. The van der Waals surface area contributed by atoms with Gasteiger partial charge in [0, 0.05) is 11.3 Å². The van der Waals surface area contributed by atoms with Crippen LogP contribution in [0.3, 0.4) is 0 Å². The number of rotatable bonds is 7. The van der Waals surface area contributed by atoms with Gasteiger partial charge in [0.15, 0.2) is 15.5 Å². The molecule has 9 nitrogen and oxygen atoms in total. The highest BCUT2D eigenvalue weighted by molar-refractivity contribution is 7.91. The number of ether oxygens (including phenoxy) is 2. The predicted octanol–water partition coefficient (Wildman–Crippen LogP) is 4.43. The lowest BCUT2D eigenvalue weighted by atomic mass is 10.0. The Labute approximate surface area is 215 Å². The number of carbonyl (C=O) groups excluding carboxylic acids is 1. The standard InChI is InChI=1S/C27H28N4O5S/c1-4-36-21-10-8-19(9-11-21)28-27(32)23-15-24(18-6-5-7-22(14-18)35-3)29-26-25(23)17(2)30-31(26)20-12-13-37(33,34)16-20/h5-11,14-15,20H,4,12-13,16H2,1-3H3,(H,28,32). The molecule has 1 atom stereocenters. The minimum Gasteiger partial charge on any atom is -0.497 e. The second kappa shape index (κ2) is 9.85. The van der Waals surface area contributed by atoms with Crippen molar-refractivity contribution in [2.75, 3.05) is 30.5 Å². The topological polar surface area (TPSA) is 112 Å². The number of aromatic nitrogens is 3. The molecule has 0 aliphatic carbocycles. The fourth-order valence-corrected chi connectivity index (χ4v) is 6.34. The number of nitrogens with one attached hydrogen (secondary N) is 1. The van der Waals surface area contributed by atoms with Crippen molar-refractivity contribution in [1.82, 2.24) is 14.8 Å². The molecule has 2 aromatic carbocycles. The van der Waals surface area contributed by atoms with Gasteiger partial charge in [-0.25, -0.2) is 18.1 Å². The van der Waals surface area contributed by atoms with Gasteiger partial charge in [-0.05, 0) is 62.7 Å². The molecule has 4 aromatic rings. The first-order valence-corrected chi connectivity index (χ1v) is 13.9. The number of anilines is 1. The fourth-order valence-electron chi connectivity index (χ4n) is 4.64. The highest BCUT2D eigenvalue weighted by Crippen LogP contribution is 2.33. The van der Waals surface area contributed by atoms with Crippen LogP contribution in [0.4, 0.5) is 5.69 Å². The van der Waals surface area contributed by atoms with Gasteiger partial charge >= 0.3 is 0 Å². The van der Waals surface area contributed by atoms with Crippen LogP contribution < -0.4 is 14.8 Å². The second-order valence-electron chi connectivity index (χ2n) is 8.98. The van der Waals surface area contributed by atoms with Crippen LogP contribution in [0.2, 0.25) is 0 Å². The summed E-state index contributed by atoms with van der Waals surface area (Å²) in [4.78, 5) is 18.5. The molecular formula is C27H28N4O5S. The van der Waals surface area contributed by atoms with E-state index < -0.39 is 9.84 Å². The zero-order chi connectivity index (χ0) is 26.2. The van der Waals surface area contributed by atoms with Crippen LogP contribution in [-0.4, -0.2) is 54.3 Å². The second-order valence-corrected chi connectivity index (χ2v) is 11.2. The molecule has 0 radical (unpaired) electrons. The highest BCUT2D eigenvalue weighted by atomic mass is 32.2. The van der Waals surface area contributed by atoms with Gasteiger partial charge in [-0.15, -0.1) is 0 Å². The van der Waals surface area contributed by atoms with E-state index in [1.807, 2.05) is 38.1 Å². The van der Waals surface area contributed by atoms with E-state index in [2.05, 4.69) is 10.4 Å². The van der Waals surface area contributed by atoms with Crippen LogP contribution in [0.1, 0.15) is 35.4 Å². The zero-order valence-corrected chi connectivity index (χ0v) is 21.7. The van der Waals surface area contributed by atoms with Crippen molar-refractivity contribution in [3.8, 4) is 22.8 Å². The average Bonchev–Trinajstić information content (AvgIpc) is 3.43. The van der Waals surface area contributed by atoms with Crippen molar-refractivity contribution < 1.29 is 22.7 Å². The Morgan fingerprint density at radius 1 is 1.14 bits per heavy atom. The lowest BCUT2D eigenvalue weighted by molar-refractivity contribution is 0.102. The summed E-state index contributed by atoms with van der Waals surface area (Å²) in [5.41, 5.74) is 3.44. The normalized spacial score (nSPS) is 16.6. The summed E-state index contributed by atoms with van der Waals surface area (Å²) in [7, 11) is -1.56. The van der Waals surface area contributed by atoms with Gasteiger partial charge < -0.3 is 14.8 Å². The Balaban J connectivity index is 1.62. The van der Waals surface area contributed by atoms with Crippen molar-refractivity contribution in [1.29, 1.82) is 0 Å². The Kier molecular flexibility index (Phi) is 6.59. The third-order valence-electron chi connectivity index (χ3n) is 6.42. The van der Waals surface area contributed by atoms with Crippen LogP contribution in [0.5, 0.6) is 11.5 Å². The molecule has 1 saturated heterocycles. The first-order valence-electron chi connectivity index (χ1n) is 12.1. The molecule has 10 heteroatoms. The lowest BCUT2D eigenvalue weighted by Crippen LogP contribution is -2.15. The third kappa shape index (κ3) is 5.01. The van der Waals surface area contributed by atoms with E-state index in [1.165, 1.54) is 0 Å². The van der Waals surface area contributed by atoms with Crippen LogP contribution in [0.15, 0.2) is 54.6 Å². The van der Waals surface area contributed by atoms with Crippen molar-refractivity contribution in [3.05, 3.63) is 65.9 Å². The molecule has 1 amide bonds. The monoisotopic (exact) mass is 520 g/mol. The Morgan fingerprint density at radius 2 is 1.92 bits per heavy atom. The molecule has 37 heavy (non-hydrogen) atoms. The van der Waals surface area contributed by atoms with E-state index in [-0.39, 0.29) is 23.5 Å². The number of carbonyl (C=O) groups is 1. The quantitative estimate of drug-likeness (QED) is 0.384. The number of methoxy groups -OCH3 is 1. The summed E-state index contributed by atoms with van der Waals surface area (Å²) in [6.45, 7) is 4.27. The summed E-state index contributed by atoms with van der Waals surface area (Å²) < 4.78 is 37.0. The van der Waals surface area contributed by atoms with Gasteiger partial charge in [0.2, 0.25) is 0 Å². The molecule has 2 aromatic heterocycles. The smallest absolute Gasteiger partial charge is 0.256 e. The van der Waals surface area contributed by atoms with Gasteiger partial charge in [-0.1, -0.05) is 12.1 Å². The minimum absolute atomic E-state index is 0.00198. The number of sulfone groups is 1. The molecular weight excluding hydrogens is 492 g/mol. The summed E-state index contributed by atoms with van der Waals surface area (Å²) >= 11 is 0. The van der Waals surface area contributed by atoms with Gasteiger partial charge in [0.05, 0.1) is 53.6 Å². The van der Waals surface area contributed by atoms with Crippen molar-refractivity contribution in [2.45, 2.75) is 26.3 Å². The van der Waals surface area contributed by atoms with E-state index in [1.54, 1.807) is 42.1 Å². The molecule has 1 aliphatic rings. The first kappa shape index (κ1) is 24.8. The van der Waals surface area contributed by atoms with E-state index in [0.29, 0.717) is 52.4 Å². The van der Waals surface area contributed by atoms with E-state index in [0.717, 1.165) is 11.3 Å². The Hall–Kier alpha value is -3.92. The average molecular weight is 521 g/mol. The third-order valence-corrected chi connectivity index (χ3v) is 8.17. The molecule has 1 unspecified atom stereocenters. The SMILES string of the molecule is CCOc1ccc(NC(=O)c2cc(-c3cccc(OC)c3)nc3c2c(C)nn3C2CCS(=O)(=O)C2)cc1. The number of hydrogen-bond donors (Lipinski definition) is 1. The number of nitrogens with zero attached hydrogens (tertiary/aromatic N) is 3. The van der Waals surface area contributed by atoms with Crippen LogP contribution in [0.25, 0.3) is 22.3 Å². The number of amides is 1. The highest BCUT2D eigenvalue weighted by Gasteiger charge is 2.32. The fraction of sp³-hybridized carbons (Fsp3) is 0.296. The van der Waals surface area contributed by atoms with Crippen LogP contribution in [0, 0.1) is 6.92 Å². The van der Waals surface area contributed by atoms with Gasteiger partial charge in [0.1, 0.15) is 11.5 Å². The summed E-state index contributed by atoms with van der Waals surface area (Å²) in [6, 6.07) is 16.0. The number of pyridine rings is 1. The van der Waals surface area contributed by atoms with Gasteiger partial charge in [0.25, 0.3) is 5.91 Å². The number of benzene rings is 2. The van der Waals surface area contributed by atoms with E-state index in [9.17, 15) is 13.2 Å². The Bertz CT molecular complexity index is 1580. The van der Waals surface area contributed by atoms with Crippen molar-refractivity contribution >= 4 is 32.5 Å². The molecule has 192 valence electrons. The predicted molar refractivity (Wildman–Crippen MR) is 142 cm³/mol. The number of fused-ring (bicyclic) bond motifs is 1. The van der Waals surface area contributed by atoms with E-state index >= 15 is 0 Å². The Morgan fingerprint density at radius 3 is 2.59 bits per heavy atom. The van der Waals surface area contributed by atoms with Crippen molar-refractivity contribution in [2.24, 2.45) is 0 Å². The number of hydrogen-bond acceptors (Lipinski definition) is 7. The molecule has 3 heterocycles. The van der Waals surface area contributed by atoms with Gasteiger partial charge in [-0.3, -0.25) is 4.79 Å². The molecule has 0 bridgehead atoms. The van der Waals surface area contributed by atoms with Crippen LogP contribution in [-0.2, 0) is 9.84 Å². The maximum atomic E-state index is 13.6. The molecule has 5 rings (SSSR count). The minimum atomic E-state index is -3.14. The molecule has 0 spiro atoms. The summed E-state index contributed by atoms with van der Waals surface area (Å²) in [6.07, 6.45) is 0.456. The van der Waals surface area contributed by atoms with Crippen molar-refractivity contribution in [3.63, 3.8) is 0 Å². The number of aryl methyl sites for hydroxylation is 1. The largest absolute Gasteiger partial charge is 0.497 e. The molecule has 1 N–H and O–H groups in total. The zero-order valence-electron chi connectivity index (χ0n) is 20.9. The maximum absolute atomic E-state index is 13.6. The van der Waals surface area contributed by atoms with E-state index in [4.69, 9.17) is 14.5 Å². The molecule has 1 fully saturated rings. The van der Waals surface area contributed by atoms with Gasteiger partial charge in [-0.2, -0.15) is 5.10 Å².